The molecule has 0 spiro atoms. The average Bonchev–Trinajstić information content (AvgIpc) is 2.86. The number of urea groups is 1. The number of ether oxygens (including phenoxy) is 1. The van der Waals surface area contributed by atoms with Crippen LogP contribution in [-0.4, -0.2) is 54.9 Å². The van der Waals surface area contributed by atoms with Gasteiger partial charge in [0.15, 0.2) is 0 Å². The summed E-state index contributed by atoms with van der Waals surface area (Å²) in [6, 6.07) is -0.217. The van der Waals surface area contributed by atoms with Gasteiger partial charge < -0.3 is 20.1 Å². The highest BCUT2D eigenvalue weighted by atomic mass is 16.5. The van der Waals surface area contributed by atoms with Crippen LogP contribution < -0.4 is 5.32 Å². The molecule has 0 radical (unpaired) electrons. The van der Waals surface area contributed by atoms with Crippen LogP contribution >= 0.6 is 0 Å². The molecule has 1 saturated carbocycles. The minimum Gasteiger partial charge on any atom is -0.480 e. The molecule has 0 aromatic rings. The topological polar surface area (TPSA) is 78.9 Å². The number of nitrogens with one attached hydrogen (secondary N) is 1. The Bertz CT molecular complexity index is 303. The SMILES string of the molecule is COCC(C)CNC(=O)N(CC(=O)O)C1CCCC1. The molecule has 1 aliphatic carbocycles. The molecule has 19 heavy (non-hydrogen) atoms. The van der Waals surface area contributed by atoms with Crippen molar-refractivity contribution in [1.29, 1.82) is 0 Å². The largest absolute Gasteiger partial charge is 0.480 e. The lowest BCUT2D eigenvalue weighted by Crippen LogP contribution is -2.48. The van der Waals surface area contributed by atoms with Gasteiger partial charge in [-0.05, 0) is 18.8 Å². The van der Waals surface area contributed by atoms with Crippen LogP contribution in [0.25, 0.3) is 0 Å². The third-order valence-electron chi connectivity index (χ3n) is 3.38. The summed E-state index contributed by atoms with van der Waals surface area (Å²) in [5, 5.41) is 11.7. The number of carboxylic acid groups (broad SMARTS) is 1. The molecule has 1 rings (SSSR count). The van der Waals surface area contributed by atoms with E-state index in [4.69, 9.17) is 9.84 Å². The number of carbonyl (C=O) groups excluding carboxylic acids is 1. The molecular weight excluding hydrogens is 248 g/mol. The zero-order valence-electron chi connectivity index (χ0n) is 11.7. The summed E-state index contributed by atoms with van der Waals surface area (Å²) in [5.41, 5.74) is 0. The van der Waals surface area contributed by atoms with Crippen molar-refractivity contribution in [2.45, 2.75) is 38.6 Å². The number of carbonyl (C=O) groups is 2. The van der Waals surface area contributed by atoms with Gasteiger partial charge in [0, 0.05) is 19.7 Å². The van der Waals surface area contributed by atoms with Crippen LogP contribution in [0.2, 0.25) is 0 Å². The third kappa shape index (κ3) is 5.46. The molecule has 0 aromatic carbocycles. The molecule has 110 valence electrons. The Hall–Kier alpha value is -1.30. The first-order valence-corrected chi connectivity index (χ1v) is 6.79. The summed E-state index contributed by atoms with van der Waals surface area (Å²) < 4.78 is 5.00. The smallest absolute Gasteiger partial charge is 0.323 e. The lowest BCUT2D eigenvalue weighted by Gasteiger charge is -2.28. The summed E-state index contributed by atoms with van der Waals surface area (Å²) in [7, 11) is 1.62. The van der Waals surface area contributed by atoms with Crippen molar-refractivity contribution in [2.75, 3.05) is 26.8 Å². The van der Waals surface area contributed by atoms with E-state index < -0.39 is 5.97 Å². The number of carboxylic acids is 1. The summed E-state index contributed by atoms with van der Waals surface area (Å²) >= 11 is 0. The Kier molecular flexibility index (Phi) is 6.62. The standard InChI is InChI=1S/C13H24N2O4/c1-10(9-19-2)7-14-13(18)15(8-12(16)17)11-5-3-4-6-11/h10-11H,3-9H2,1-2H3,(H,14,18)(H,16,17). The van der Waals surface area contributed by atoms with Crippen LogP contribution in [0.1, 0.15) is 32.6 Å². The molecule has 0 aromatic heterocycles. The van der Waals surface area contributed by atoms with Crippen LogP contribution in [-0.2, 0) is 9.53 Å². The predicted octanol–water partition coefficient (Wildman–Crippen LogP) is 1.31. The summed E-state index contributed by atoms with van der Waals surface area (Å²) in [4.78, 5) is 24.4. The van der Waals surface area contributed by atoms with Crippen molar-refractivity contribution < 1.29 is 19.4 Å². The summed E-state index contributed by atoms with van der Waals surface area (Å²) in [6.07, 6.45) is 3.92. The highest BCUT2D eigenvalue weighted by Gasteiger charge is 2.28. The van der Waals surface area contributed by atoms with Gasteiger partial charge in [0.25, 0.3) is 0 Å². The first-order chi connectivity index (χ1) is 9.04. The summed E-state index contributed by atoms with van der Waals surface area (Å²) in [6.45, 7) is 2.81. The Morgan fingerprint density at radius 2 is 2.05 bits per heavy atom. The van der Waals surface area contributed by atoms with Crippen molar-refractivity contribution in [2.24, 2.45) is 5.92 Å². The van der Waals surface area contributed by atoms with E-state index in [1.54, 1.807) is 7.11 Å². The second kappa shape index (κ2) is 7.99. The number of methoxy groups -OCH3 is 1. The van der Waals surface area contributed by atoms with Gasteiger partial charge in [-0.3, -0.25) is 4.79 Å². The molecule has 0 bridgehead atoms. The highest BCUT2D eigenvalue weighted by Crippen LogP contribution is 2.23. The zero-order chi connectivity index (χ0) is 14.3. The molecule has 1 unspecified atom stereocenters. The quantitative estimate of drug-likeness (QED) is 0.732. The fraction of sp³-hybridized carbons (Fsp3) is 0.846. The summed E-state index contributed by atoms with van der Waals surface area (Å²) in [5.74, 6) is -0.754. The van der Waals surface area contributed by atoms with E-state index in [2.05, 4.69) is 5.32 Å². The average molecular weight is 272 g/mol. The zero-order valence-corrected chi connectivity index (χ0v) is 11.7. The Labute approximate surface area is 114 Å². The number of hydrogen-bond acceptors (Lipinski definition) is 3. The van der Waals surface area contributed by atoms with Gasteiger partial charge in [-0.25, -0.2) is 4.79 Å². The molecule has 2 N–H and O–H groups in total. The number of amides is 2. The monoisotopic (exact) mass is 272 g/mol. The van der Waals surface area contributed by atoms with Gasteiger partial charge in [0.1, 0.15) is 6.54 Å². The van der Waals surface area contributed by atoms with Crippen molar-refractivity contribution in [3.63, 3.8) is 0 Å². The maximum absolute atomic E-state index is 12.1. The maximum atomic E-state index is 12.1. The predicted molar refractivity (Wildman–Crippen MR) is 71.0 cm³/mol. The van der Waals surface area contributed by atoms with E-state index in [0.29, 0.717) is 13.2 Å². The van der Waals surface area contributed by atoms with Gasteiger partial charge in [-0.1, -0.05) is 19.8 Å². The molecular formula is C13H24N2O4. The third-order valence-corrected chi connectivity index (χ3v) is 3.38. The van der Waals surface area contributed by atoms with Gasteiger partial charge in [0.05, 0.1) is 6.61 Å². The second-order valence-electron chi connectivity index (χ2n) is 5.21. The molecule has 0 aliphatic heterocycles. The van der Waals surface area contributed by atoms with Crippen molar-refractivity contribution >= 4 is 12.0 Å². The van der Waals surface area contributed by atoms with E-state index >= 15 is 0 Å². The van der Waals surface area contributed by atoms with Crippen LogP contribution in [0, 0.1) is 5.92 Å². The van der Waals surface area contributed by atoms with E-state index in [9.17, 15) is 9.59 Å². The lowest BCUT2D eigenvalue weighted by molar-refractivity contribution is -0.138. The van der Waals surface area contributed by atoms with Gasteiger partial charge in [-0.15, -0.1) is 0 Å². The van der Waals surface area contributed by atoms with Gasteiger partial charge >= 0.3 is 12.0 Å². The van der Waals surface area contributed by atoms with Gasteiger partial charge in [0.2, 0.25) is 0 Å². The molecule has 6 nitrogen and oxygen atoms in total. The molecule has 1 atom stereocenters. The molecule has 2 amide bonds. The lowest BCUT2D eigenvalue weighted by atomic mass is 10.2. The minimum atomic E-state index is -0.966. The molecule has 1 aliphatic rings. The first-order valence-electron chi connectivity index (χ1n) is 6.79. The van der Waals surface area contributed by atoms with Crippen molar-refractivity contribution in [3.05, 3.63) is 0 Å². The second-order valence-corrected chi connectivity index (χ2v) is 5.21. The van der Waals surface area contributed by atoms with E-state index in [1.165, 1.54) is 4.90 Å². The maximum Gasteiger partial charge on any atom is 0.323 e. The van der Waals surface area contributed by atoms with Crippen LogP contribution in [0.4, 0.5) is 4.79 Å². The molecule has 1 fully saturated rings. The van der Waals surface area contributed by atoms with E-state index in [-0.39, 0.29) is 24.5 Å². The van der Waals surface area contributed by atoms with E-state index in [0.717, 1.165) is 25.7 Å². The minimum absolute atomic E-state index is 0.0637. The van der Waals surface area contributed by atoms with Crippen molar-refractivity contribution in [1.82, 2.24) is 10.2 Å². The van der Waals surface area contributed by atoms with Crippen LogP contribution in [0.5, 0.6) is 0 Å². The van der Waals surface area contributed by atoms with E-state index in [1.807, 2.05) is 6.92 Å². The fourth-order valence-corrected chi connectivity index (χ4v) is 2.43. The molecule has 6 heteroatoms. The Morgan fingerprint density at radius 3 is 2.58 bits per heavy atom. The Morgan fingerprint density at radius 1 is 1.42 bits per heavy atom. The molecule has 0 heterocycles. The van der Waals surface area contributed by atoms with Crippen molar-refractivity contribution in [3.8, 4) is 0 Å². The fourth-order valence-electron chi connectivity index (χ4n) is 2.43. The van der Waals surface area contributed by atoms with Crippen LogP contribution in [0.3, 0.4) is 0 Å². The highest BCUT2D eigenvalue weighted by molar-refractivity contribution is 5.80. The first kappa shape index (κ1) is 15.8. The number of nitrogens with zero attached hydrogens (tertiary/aromatic N) is 1. The van der Waals surface area contributed by atoms with Crippen LogP contribution in [0.15, 0.2) is 0 Å². The normalized spacial score (nSPS) is 17.2. The number of aliphatic carboxylic acids is 1. The van der Waals surface area contributed by atoms with Gasteiger partial charge in [-0.2, -0.15) is 0 Å². The Balaban J connectivity index is 2.48. The molecule has 0 saturated heterocycles. The number of rotatable bonds is 7. The number of hydrogen-bond donors (Lipinski definition) is 2.